The number of nitrogens with one attached hydrogen (secondary N) is 2. The number of hydrazone groups is 1. The van der Waals surface area contributed by atoms with E-state index in [1.54, 1.807) is 36.4 Å². The van der Waals surface area contributed by atoms with Gasteiger partial charge in [-0.05, 0) is 57.9 Å². The number of halogens is 3. The van der Waals surface area contributed by atoms with Gasteiger partial charge in [0, 0.05) is 21.3 Å². The molecule has 33 heavy (non-hydrogen) atoms. The summed E-state index contributed by atoms with van der Waals surface area (Å²) in [7, 11) is 1.51. The van der Waals surface area contributed by atoms with E-state index in [0.717, 1.165) is 5.56 Å². The molecule has 0 heterocycles. The Bertz CT molecular complexity index is 1200. The van der Waals surface area contributed by atoms with Gasteiger partial charge in [-0.15, -0.1) is 0 Å². The molecule has 0 aliphatic carbocycles. The maximum atomic E-state index is 12.0. The molecule has 0 aliphatic rings. The van der Waals surface area contributed by atoms with Crippen LogP contribution in [-0.4, -0.2) is 25.1 Å². The first-order valence-corrected chi connectivity index (χ1v) is 11.1. The minimum Gasteiger partial charge on any atom is -0.493 e. The molecular weight excluding hydrogens is 533 g/mol. The van der Waals surface area contributed by atoms with Crippen LogP contribution in [0.3, 0.4) is 0 Å². The number of ether oxygens (including phenoxy) is 2. The molecule has 0 aromatic heterocycles. The zero-order valence-electron chi connectivity index (χ0n) is 17.3. The SMILES string of the molecule is COc1cc(/C=N/NC(=O)C(=O)Nc2cccc(Cl)c2)cc(Br)c1OCc1ccccc1Cl. The number of benzene rings is 3. The summed E-state index contributed by atoms with van der Waals surface area (Å²) in [6.07, 6.45) is 1.37. The van der Waals surface area contributed by atoms with Gasteiger partial charge in [0.15, 0.2) is 11.5 Å². The summed E-state index contributed by atoms with van der Waals surface area (Å²) < 4.78 is 11.9. The van der Waals surface area contributed by atoms with Crippen molar-refractivity contribution in [2.45, 2.75) is 6.61 Å². The number of carbonyl (C=O) groups excluding carboxylic acids is 2. The standard InChI is InChI=1S/C23H18BrCl2N3O4/c1-32-20-10-14(9-18(24)21(20)33-13-15-5-2-3-8-19(15)26)12-27-29-23(31)22(30)28-17-7-4-6-16(25)11-17/h2-12H,13H2,1H3,(H,28,30)(H,29,31)/b27-12+. The predicted octanol–water partition coefficient (Wildman–Crippen LogP) is 5.43. The molecule has 2 N–H and O–H groups in total. The first-order chi connectivity index (χ1) is 15.9. The maximum absolute atomic E-state index is 12.0. The van der Waals surface area contributed by atoms with Crippen LogP contribution >= 0.6 is 39.1 Å². The van der Waals surface area contributed by atoms with E-state index in [2.05, 4.69) is 31.8 Å². The quantitative estimate of drug-likeness (QED) is 0.233. The van der Waals surface area contributed by atoms with E-state index in [0.29, 0.717) is 37.3 Å². The summed E-state index contributed by atoms with van der Waals surface area (Å²) in [6.45, 7) is 0.250. The Morgan fingerprint density at radius 1 is 1.06 bits per heavy atom. The summed E-state index contributed by atoms with van der Waals surface area (Å²) in [5, 5.41) is 7.30. The Morgan fingerprint density at radius 3 is 2.58 bits per heavy atom. The van der Waals surface area contributed by atoms with Crippen LogP contribution in [0.2, 0.25) is 10.0 Å². The van der Waals surface area contributed by atoms with Crippen molar-refractivity contribution in [1.29, 1.82) is 0 Å². The molecule has 7 nitrogen and oxygen atoms in total. The fourth-order valence-electron chi connectivity index (χ4n) is 2.69. The number of hydrogen-bond acceptors (Lipinski definition) is 5. The molecule has 0 saturated carbocycles. The third-order valence-electron chi connectivity index (χ3n) is 4.25. The summed E-state index contributed by atoms with van der Waals surface area (Å²) >= 11 is 15.5. The van der Waals surface area contributed by atoms with E-state index in [1.165, 1.54) is 19.4 Å². The van der Waals surface area contributed by atoms with Crippen molar-refractivity contribution in [3.8, 4) is 11.5 Å². The molecular formula is C23H18BrCl2N3O4. The molecule has 0 spiro atoms. The Balaban J connectivity index is 1.63. The summed E-state index contributed by atoms with van der Waals surface area (Å²) in [5.41, 5.74) is 4.00. The normalized spacial score (nSPS) is 10.7. The zero-order chi connectivity index (χ0) is 23.8. The Morgan fingerprint density at radius 2 is 1.85 bits per heavy atom. The van der Waals surface area contributed by atoms with Gasteiger partial charge in [-0.1, -0.05) is 47.5 Å². The second-order valence-corrected chi connectivity index (χ2v) is 8.28. The molecule has 0 fully saturated rings. The van der Waals surface area contributed by atoms with E-state index in [9.17, 15) is 9.59 Å². The van der Waals surface area contributed by atoms with E-state index in [4.69, 9.17) is 32.7 Å². The number of anilines is 1. The molecule has 0 saturated heterocycles. The number of hydrogen-bond donors (Lipinski definition) is 2. The van der Waals surface area contributed by atoms with Crippen molar-refractivity contribution in [2.75, 3.05) is 12.4 Å². The lowest BCUT2D eigenvalue weighted by molar-refractivity contribution is -0.136. The van der Waals surface area contributed by atoms with Crippen molar-refractivity contribution < 1.29 is 19.1 Å². The largest absolute Gasteiger partial charge is 0.493 e. The third kappa shape index (κ3) is 6.95. The number of nitrogens with zero attached hydrogens (tertiary/aromatic N) is 1. The third-order valence-corrected chi connectivity index (χ3v) is 5.44. The highest BCUT2D eigenvalue weighted by molar-refractivity contribution is 9.10. The number of carbonyl (C=O) groups is 2. The van der Waals surface area contributed by atoms with Crippen LogP contribution in [0.15, 0.2) is 70.2 Å². The molecule has 0 aliphatic heterocycles. The highest BCUT2D eigenvalue weighted by Gasteiger charge is 2.14. The predicted molar refractivity (Wildman–Crippen MR) is 132 cm³/mol. The molecule has 3 aromatic rings. The fourth-order valence-corrected chi connectivity index (χ4v) is 3.64. The average molecular weight is 551 g/mol. The monoisotopic (exact) mass is 549 g/mol. The van der Waals surface area contributed by atoms with E-state index < -0.39 is 11.8 Å². The van der Waals surface area contributed by atoms with Gasteiger partial charge >= 0.3 is 11.8 Å². The Labute approximate surface area is 208 Å². The average Bonchev–Trinajstić information content (AvgIpc) is 2.79. The van der Waals surface area contributed by atoms with E-state index >= 15 is 0 Å². The molecule has 2 amide bonds. The van der Waals surface area contributed by atoms with Gasteiger partial charge < -0.3 is 14.8 Å². The smallest absolute Gasteiger partial charge is 0.329 e. The molecule has 10 heteroatoms. The van der Waals surface area contributed by atoms with Crippen LogP contribution in [0.25, 0.3) is 0 Å². The van der Waals surface area contributed by atoms with Crippen LogP contribution < -0.4 is 20.2 Å². The van der Waals surface area contributed by atoms with Crippen molar-refractivity contribution in [1.82, 2.24) is 5.43 Å². The van der Waals surface area contributed by atoms with Gasteiger partial charge in [-0.25, -0.2) is 5.43 Å². The van der Waals surface area contributed by atoms with E-state index in [-0.39, 0.29) is 6.61 Å². The molecule has 0 bridgehead atoms. The van der Waals surface area contributed by atoms with Crippen molar-refractivity contribution in [3.63, 3.8) is 0 Å². The minimum absolute atomic E-state index is 0.250. The molecule has 0 radical (unpaired) electrons. The lowest BCUT2D eigenvalue weighted by Gasteiger charge is -2.14. The van der Waals surface area contributed by atoms with Crippen molar-refractivity contribution in [2.24, 2.45) is 5.10 Å². The van der Waals surface area contributed by atoms with E-state index in [1.807, 2.05) is 18.2 Å². The molecule has 170 valence electrons. The van der Waals surface area contributed by atoms with Gasteiger partial charge in [0.1, 0.15) is 6.61 Å². The Hall–Kier alpha value is -3.07. The minimum atomic E-state index is -0.933. The topological polar surface area (TPSA) is 89.0 Å². The van der Waals surface area contributed by atoms with Crippen LogP contribution in [0.1, 0.15) is 11.1 Å². The highest BCUT2D eigenvalue weighted by Crippen LogP contribution is 2.37. The molecule has 3 rings (SSSR count). The summed E-state index contributed by atoms with van der Waals surface area (Å²) in [4.78, 5) is 24.0. The molecule has 3 aromatic carbocycles. The Kier molecular flexibility index (Phi) is 8.71. The highest BCUT2D eigenvalue weighted by atomic mass is 79.9. The van der Waals surface area contributed by atoms with Gasteiger partial charge in [0.05, 0.1) is 17.8 Å². The van der Waals surface area contributed by atoms with Gasteiger partial charge in [0.2, 0.25) is 0 Å². The van der Waals surface area contributed by atoms with Crippen LogP contribution in [0, 0.1) is 0 Å². The van der Waals surface area contributed by atoms with Gasteiger partial charge in [0.25, 0.3) is 0 Å². The van der Waals surface area contributed by atoms with Gasteiger partial charge in [-0.3, -0.25) is 9.59 Å². The second-order valence-electron chi connectivity index (χ2n) is 6.58. The summed E-state index contributed by atoms with van der Waals surface area (Å²) in [5.74, 6) is -0.879. The van der Waals surface area contributed by atoms with Crippen molar-refractivity contribution in [3.05, 3.63) is 86.3 Å². The zero-order valence-corrected chi connectivity index (χ0v) is 20.4. The summed E-state index contributed by atoms with van der Waals surface area (Å²) in [6, 6.07) is 17.2. The van der Waals surface area contributed by atoms with Crippen molar-refractivity contribution >= 4 is 62.8 Å². The lowest BCUT2D eigenvalue weighted by atomic mass is 10.2. The van der Waals surface area contributed by atoms with Gasteiger partial charge in [-0.2, -0.15) is 5.10 Å². The first-order valence-electron chi connectivity index (χ1n) is 9.51. The number of methoxy groups -OCH3 is 1. The lowest BCUT2D eigenvalue weighted by Crippen LogP contribution is -2.32. The van der Waals surface area contributed by atoms with Crippen LogP contribution in [0.5, 0.6) is 11.5 Å². The number of amides is 2. The second kappa shape index (κ2) is 11.7. The fraction of sp³-hybridized carbons (Fsp3) is 0.0870. The maximum Gasteiger partial charge on any atom is 0.329 e. The first kappa shape index (κ1) is 24.6. The van der Waals surface area contributed by atoms with Crippen LogP contribution in [0.4, 0.5) is 5.69 Å². The molecule has 0 unspecified atom stereocenters. The molecule has 0 atom stereocenters. The number of rotatable bonds is 7. The van der Waals surface area contributed by atoms with Crippen LogP contribution in [-0.2, 0) is 16.2 Å².